The molecule has 2 atom stereocenters. The van der Waals surface area contributed by atoms with Crippen molar-refractivity contribution in [1.29, 1.82) is 0 Å². The summed E-state index contributed by atoms with van der Waals surface area (Å²) in [6, 6.07) is 9.70. The third-order valence-electron chi connectivity index (χ3n) is 1.97. The number of hydrogen-bond donors (Lipinski definition) is 2. The summed E-state index contributed by atoms with van der Waals surface area (Å²) in [5.74, 6) is 0. The summed E-state index contributed by atoms with van der Waals surface area (Å²) in [6.45, 7) is 0.656. The van der Waals surface area contributed by atoms with E-state index in [2.05, 4.69) is 12.2 Å². The van der Waals surface area contributed by atoms with Crippen molar-refractivity contribution in [2.75, 3.05) is 20.6 Å². The fraction of sp³-hybridized carbons (Fsp3) is 0.400. The fourth-order valence-corrected chi connectivity index (χ4v) is 2.54. The SMILES string of the molecule is CN(C)CC(OP(O)(=S)S)c1ccccc1. The first-order valence-electron chi connectivity index (χ1n) is 4.82. The Labute approximate surface area is 107 Å². The lowest BCUT2D eigenvalue weighted by molar-refractivity contribution is 0.168. The Morgan fingerprint density at radius 2 is 2.00 bits per heavy atom. The van der Waals surface area contributed by atoms with Crippen molar-refractivity contribution in [2.24, 2.45) is 0 Å². The molecule has 0 saturated carbocycles. The Hall–Kier alpha value is 0.100. The molecular formula is C10H16NO2PS2. The number of thiol groups is 1. The van der Waals surface area contributed by atoms with Crippen LogP contribution in [0.25, 0.3) is 0 Å². The molecule has 1 rings (SSSR count). The van der Waals surface area contributed by atoms with E-state index in [9.17, 15) is 4.89 Å². The maximum Gasteiger partial charge on any atom is 0.242 e. The van der Waals surface area contributed by atoms with Crippen molar-refractivity contribution in [1.82, 2.24) is 4.90 Å². The Morgan fingerprint density at radius 1 is 1.44 bits per heavy atom. The van der Waals surface area contributed by atoms with Gasteiger partial charge in [-0.05, 0) is 31.5 Å². The number of nitrogens with zero attached hydrogens (tertiary/aromatic N) is 1. The van der Waals surface area contributed by atoms with Gasteiger partial charge >= 0.3 is 0 Å². The number of benzene rings is 1. The Morgan fingerprint density at radius 3 is 2.44 bits per heavy atom. The zero-order valence-electron chi connectivity index (χ0n) is 9.28. The van der Waals surface area contributed by atoms with Gasteiger partial charge in [-0.3, -0.25) is 0 Å². The van der Waals surface area contributed by atoms with E-state index in [4.69, 9.17) is 16.3 Å². The molecule has 0 fully saturated rings. The standard InChI is InChI=1S/C10H16NO2PS2/c1-11(2)8-10(13-14(12,15)16)9-6-4-3-5-7-9/h3-7,10H,8H2,1-2H3,(H2,12,15,16). The first-order valence-corrected chi connectivity index (χ1v) is 8.64. The summed E-state index contributed by atoms with van der Waals surface area (Å²) in [6.07, 6.45) is -0.246. The highest BCUT2D eigenvalue weighted by Gasteiger charge is 2.19. The molecule has 0 amide bonds. The van der Waals surface area contributed by atoms with Crippen molar-refractivity contribution in [3.8, 4) is 0 Å². The molecule has 0 aromatic heterocycles. The molecule has 0 radical (unpaired) electrons. The lowest BCUT2D eigenvalue weighted by Gasteiger charge is -2.24. The van der Waals surface area contributed by atoms with E-state index < -0.39 is 5.69 Å². The average molecular weight is 277 g/mol. The first kappa shape index (κ1) is 14.2. The van der Waals surface area contributed by atoms with Crippen LogP contribution in [0.2, 0.25) is 0 Å². The number of likely N-dealkylation sites (N-methyl/N-ethyl adjacent to an activating group) is 1. The van der Waals surface area contributed by atoms with Gasteiger partial charge in [0.1, 0.15) is 6.10 Å². The fourth-order valence-electron chi connectivity index (χ4n) is 1.36. The predicted octanol–water partition coefficient (Wildman–Crippen LogP) is 2.45. The maximum atomic E-state index is 9.51. The quantitative estimate of drug-likeness (QED) is 0.640. The van der Waals surface area contributed by atoms with Gasteiger partial charge in [-0.1, -0.05) is 42.6 Å². The van der Waals surface area contributed by atoms with Crippen molar-refractivity contribution in [3.05, 3.63) is 35.9 Å². The van der Waals surface area contributed by atoms with Gasteiger partial charge in [0.05, 0.1) is 0 Å². The van der Waals surface area contributed by atoms with Crippen LogP contribution in [0.5, 0.6) is 0 Å². The molecule has 2 unspecified atom stereocenters. The van der Waals surface area contributed by atoms with Crippen molar-refractivity contribution in [3.63, 3.8) is 0 Å². The highest BCUT2D eigenvalue weighted by atomic mass is 32.9. The molecular weight excluding hydrogens is 261 g/mol. The molecule has 0 spiro atoms. The summed E-state index contributed by atoms with van der Waals surface area (Å²) in [5.41, 5.74) is -1.95. The molecule has 0 aliphatic rings. The van der Waals surface area contributed by atoms with E-state index in [0.717, 1.165) is 5.56 Å². The molecule has 1 N–H and O–H groups in total. The van der Waals surface area contributed by atoms with E-state index in [1.807, 2.05) is 49.3 Å². The van der Waals surface area contributed by atoms with Gasteiger partial charge in [-0.2, -0.15) is 0 Å². The lowest BCUT2D eigenvalue weighted by atomic mass is 10.1. The van der Waals surface area contributed by atoms with Crippen LogP contribution in [0.15, 0.2) is 30.3 Å². The summed E-state index contributed by atoms with van der Waals surface area (Å²) in [7, 11) is 3.89. The van der Waals surface area contributed by atoms with Gasteiger partial charge in [0.15, 0.2) is 0 Å². The zero-order chi connectivity index (χ0) is 12.2. The molecule has 3 nitrogen and oxygen atoms in total. The van der Waals surface area contributed by atoms with E-state index in [1.54, 1.807) is 0 Å². The van der Waals surface area contributed by atoms with E-state index >= 15 is 0 Å². The molecule has 90 valence electrons. The molecule has 0 heterocycles. The van der Waals surface area contributed by atoms with Gasteiger partial charge in [0.2, 0.25) is 5.69 Å². The van der Waals surface area contributed by atoms with E-state index in [1.165, 1.54) is 0 Å². The monoisotopic (exact) mass is 277 g/mol. The second-order valence-corrected chi connectivity index (χ2v) is 8.87. The smallest absolute Gasteiger partial charge is 0.242 e. The van der Waals surface area contributed by atoms with E-state index in [0.29, 0.717) is 6.54 Å². The Balaban J connectivity index is 2.84. The normalized spacial score (nSPS) is 17.1. The molecule has 1 aromatic carbocycles. The highest BCUT2D eigenvalue weighted by molar-refractivity contribution is 8.59. The van der Waals surface area contributed by atoms with Gasteiger partial charge in [-0.25, -0.2) is 0 Å². The third kappa shape index (κ3) is 5.43. The molecule has 16 heavy (non-hydrogen) atoms. The van der Waals surface area contributed by atoms with Crippen LogP contribution >= 0.6 is 17.9 Å². The molecule has 6 heteroatoms. The van der Waals surface area contributed by atoms with Gasteiger partial charge in [0, 0.05) is 6.54 Å². The minimum atomic E-state index is -2.94. The van der Waals surface area contributed by atoms with Crippen LogP contribution in [-0.2, 0) is 16.3 Å². The summed E-state index contributed by atoms with van der Waals surface area (Å²) < 4.78 is 5.44. The van der Waals surface area contributed by atoms with Crippen LogP contribution in [0.1, 0.15) is 11.7 Å². The molecule has 0 aliphatic carbocycles. The Kier molecular flexibility index (Phi) is 5.44. The maximum absolute atomic E-state index is 9.51. The number of rotatable bonds is 5. The van der Waals surface area contributed by atoms with Gasteiger partial charge < -0.3 is 14.3 Å². The van der Waals surface area contributed by atoms with Crippen LogP contribution in [0.4, 0.5) is 0 Å². The van der Waals surface area contributed by atoms with Crippen LogP contribution in [0, 0.1) is 0 Å². The van der Waals surface area contributed by atoms with Gasteiger partial charge in [-0.15, -0.1) is 0 Å². The summed E-state index contributed by atoms with van der Waals surface area (Å²) >= 11 is 8.71. The second kappa shape index (κ2) is 6.15. The Bertz CT molecular complexity index is 366. The topological polar surface area (TPSA) is 32.7 Å². The predicted molar refractivity (Wildman–Crippen MR) is 74.3 cm³/mol. The highest BCUT2D eigenvalue weighted by Crippen LogP contribution is 2.51. The lowest BCUT2D eigenvalue weighted by Crippen LogP contribution is -2.21. The second-order valence-electron chi connectivity index (χ2n) is 3.76. The van der Waals surface area contributed by atoms with Gasteiger partial charge in [0.25, 0.3) is 0 Å². The van der Waals surface area contributed by atoms with Crippen molar-refractivity contribution < 1.29 is 9.42 Å². The summed E-state index contributed by atoms with van der Waals surface area (Å²) in [5, 5.41) is 0. The minimum absolute atomic E-state index is 0.246. The van der Waals surface area contributed by atoms with Crippen LogP contribution in [0.3, 0.4) is 0 Å². The van der Waals surface area contributed by atoms with E-state index in [-0.39, 0.29) is 6.10 Å². The molecule has 0 aliphatic heterocycles. The molecule has 0 saturated heterocycles. The molecule has 1 aromatic rings. The third-order valence-corrected chi connectivity index (χ3v) is 3.04. The number of hydrogen-bond acceptors (Lipinski definition) is 3. The van der Waals surface area contributed by atoms with Crippen molar-refractivity contribution >= 4 is 29.7 Å². The minimum Gasteiger partial charge on any atom is -0.338 e. The summed E-state index contributed by atoms with van der Waals surface area (Å²) in [4.78, 5) is 11.5. The largest absolute Gasteiger partial charge is 0.338 e. The average Bonchev–Trinajstić information content (AvgIpc) is 2.15. The molecule has 0 bridgehead atoms. The van der Waals surface area contributed by atoms with Crippen molar-refractivity contribution in [2.45, 2.75) is 6.10 Å². The van der Waals surface area contributed by atoms with Crippen LogP contribution < -0.4 is 0 Å². The zero-order valence-corrected chi connectivity index (χ0v) is 11.9. The van der Waals surface area contributed by atoms with Crippen LogP contribution in [-0.4, -0.2) is 30.4 Å². The first-order chi connectivity index (χ1) is 7.38.